The van der Waals surface area contributed by atoms with Crippen LogP contribution < -0.4 is 15.8 Å². The number of ether oxygens (including phenoxy) is 1. The first-order valence-electron chi connectivity index (χ1n) is 12.1. The van der Waals surface area contributed by atoms with Gasteiger partial charge < -0.3 is 9.64 Å². The smallest absolute Gasteiger partial charge is 0.410 e. The number of thiazole rings is 1. The maximum absolute atomic E-state index is 12.9. The lowest BCUT2D eigenvalue weighted by molar-refractivity contribution is -0.127. The van der Waals surface area contributed by atoms with Gasteiger partial charge in [-0.25, -0.2) is 9.78 Å². The van der Waals surface area contributed by atoms with Crippen molar-refractivity contribution in [1.29, 1.82) is 0 Å². The molecule has 0 unspecified atom stereocenters. The van der Waals surface area contributed by atoms with Gasteiger partial charge in [-0.3, -0.25) is 25.3 Å². The quantitative estimate of drug-likeness (QED) is 0.455. The van der Waals surface area contributed by atoms with E-state index in [9.17, 15) is 14.4 Å². The Morgan fingerprint density at radius 1 is 1.03 bits per heavy atom. The highest BCUT2D eigenvalue weighted by molar-refractivity contribution is 7.14. The number of amides is 3. The van der Waals surface area contributed by atoms with Crippen molar-refractivity contribution in [2.75, 3.05) is 18.5 Å². The second kappa shape index (κ2) is 12.7. The van der Waals surface area contributed by atoms with E-state index in [0.717, 1.165) is 12.2 Å². The van der Waals surface area contributed by atoms with Crippen molar-refractivity contribution in [1.82, 2.24) is 20.7 Å². The molecule has 1 aromatic carbocycles. The van der Waals surface area contributed by atoms with E-state index in [2.05, 4.69) is 34.6 Å². The van der Waals surface area contributed by atoms with Crippen molar-refractivity contribution in [2.24, 2.45) is 11.8 Å². The van der Waals surface area contributed by atoms with Gasteiger partial charge in [0, 0.05) is 24.7 Å². The van der Waals surface area contributed by atoms with Gasteiger partial charge in [0.1, 0.15) is 17.3 Å². The van der Waals surface area contributed by atoms with Crippen LogP contribution in [-0.4, -0.2) is 53.0 Å². The number of nitrogens with zero attached hydrogens (tertiary/aromatic N) is 3. The molecule has 2 rings (SSSR count). The van der Waals surface area contributed by atoms with Crippen LogP contribution in [0.5, 0.6) is 0 Å². The minimum atomic E-state index is -0.814. The minimum absolute atomic E-state index is 0.132. The number of hydrogen-bond donors (Lipinski definition) is 2. The van der Waals surface area contributed by atoms with Crippen molar-refractivity contribution in [3.05, 3.63) is 41.4 Å². The summed E-state index contributed by atoms with van der Waals surface area (Å²) in [6.07, 6.45) is -0.204. The Labute approximate surface area is 218 Å². The number of rotatable bonds is 9. The summed E-state index contributed by atoms with van der Waals surface area (Å²) in [5, 5.41) is 2.35. The minimum Gasteiger partial charge on any atom is -0.444 e. The largest absolute Gasteiger partial charge is 0.444 e. The number of hydrazine groups is 1. The Bertz CT molecular complexity index is 1020. The standard InChI is InChI=1S/C26H39N5O4S/c1-17(2)14-21(30(8)25(34)35-26(5,6)7)23(33)29-28-22(32)20-16-36-24(27-20)31(15-18(3)4)19-12-10-9-11-13-19/h9-13,16-18,21H,14-15H2,1-8H3,(H,28,32)(H,29,33)/t21-/m0/s1. The Kier molecular flexibility index (Phi) is 10.3. The molecule has 0 bridgehead atoms. The summed E-state index contributed by atoms with van der Waals surface area (Å²) in [5.41, 5.74) is 5.38. The van der Waals surface area contributed by atoms with E-state index >= 15 is 0 Å². The molecule has 0 spiro atoms. The van der Waals surface area contributed by atoms with E-state index in [1.165, 1.54) is 23.3 Å². The summed E-state index contributed by atoms with van der Waals surface area (Å²) in [6, 6.07) is 9.06. The molecule has 1 atom stereocenters. The fraction of sp³-hybridized carbons (Fsp3) is 0.538. The third-order valence-electron chi connectivity index (χ3n) is 5.02. The molecule has 2 N–H and O–H groups in total. The Morgan fingerprint density at radius 3 is 2.22 bits per heavy atom. The molecule has 36 heavy (non-hydrogen) atoms. The molecular formula is C26H39N5O4S. The zero-order valence-electron chi connectivity index (χ0n) is 22.5. The van der Waals surface area contributed by atoms with Crippen molar-refractivity contribution in [3.8, 4) is 0 Å². The summed E-state index contributed by atoms with van der Waals surface area (Å²) in [5.74, 6) is -0.531. The number of aromatic nitrogens is 1. The lowest BCUT2D eigenvalue weighted by atomic mass is 10.0. The molecule has 0 radical (unpaired) electrons. The highest BCUT2D eigenvalue weighted by atomic mass is 32.1. The third kappa shape index (κ3) is 8.82. The molecule has 3 amide bonds. The molecule has 0 fully saturated rings. The Hall–Kier alpha value is -3.14. The van der Waals surface area contributed by atoms with Crippen molar-refractivity contribution < 1.29 is 19.1 Å². The van der Waals surface area contributed by atoms with Gasteiger partial charge in [0.05, 0.1) is 0 Å². The molecular weight excluding hydrogens is 478 g/mol. The monoisotopic (exact) mass is 517 g/mol. The van der Waals surface area contributed by atoms with Crippen molar-refractivity contribution in [3.63, 3.8) is 0 Å². The maximum atomic E-state index is 12.9. The van der Waals surface area contributed by atoms with Crippen LogP contribution in [0.4, 0.5) is 15.6 Å². The van der Waals surface area contributed by atoms with Crippen molar-refractivity contribution in [2.45, 2.75) is 66.5 Å². The van der Waals surface area contributed by atoms with E-state index in [-0.39, 0.29) is 11.6 Å². The van der Waals surface area contributed by atoms with Gasteiger partial charge in [0.25, 0.3) is 11.8 Å². The number of para-hydroxylation sites is 1. The number of benzene rings is 1. The number of hydrogen-bond acceptors (Lipinski definition) is 7. The lowest BCUT2D eigenvalue weighted by Crippen LogP contribution is -2.54. The van der Waals surface area contributed by atoms with Crippen LogP contribution in [0.2, 0.25) is 0 Å². The zero-order chi connectivity index (χ0) is 27.0. The fourth-order valence-corrected chi connectivity index (χ4v) is 4.21. The van der Waals surface area contributed by atoms with Crippen LogP contribution in [0, 0.1) is 11.8 Å². The first kappa shape index (κ1) is 29.1. The van der Waals surface area contributed by atoms with Crippen LogP contribution in [0.1, 0.15) is 65.4 Å². The summed E-state index contributed by atoms with van der Waals surface area (Å²) in [7, 11) is 1.52. The van der Waals surface area contributed by atoms with Crippen LogP contribution in [0.25, 0.3) is 0 Å². The average Bonchev–Trinajstić information content (AvgIpc) is 3.28. The Morgan fingerprint density at radius 2 is 1.67 bits per heavy atom. The molecule has 1 heterocycles. The number of carbonyl (C=O) groups is 3. The normalized spacial score (nSPS) is 12.3. The Balaban J connectivity index is 2.10. The topological polar surface area (TPSA) is 104 Å². The van der Waals surface area contributed by atoms with Gasteiger partial charge in [-0.2, -0.15) is 0 Å². The first-order valence-corrected chi connectivity index (χ1v) is 13.0. The maximum Gasteiger partial charge on any atom is 0.410 e. The summed E-state index contributed by atoms with van der Waals surface area (Å²) in [6.45, 7) is 14.2. The lowest BCUT2D eigenvalue weighted by Gasteiger charge is -2.30. The van der Waals surface area contributed by atoms with Crippen LogP contribution in [0.15, 0.2) is 35.7 Å². The second-order valence-corrected chi connectivity index (χ2v) is 11.4. The molecule has 0 aliphatic heterocycles. The molecule has 10 heteroatoms. The van der Waals surface area contributed by atoms with Gasteiger partial charge in [0.2, 0.25) is 0 Å². The van der Waals surface area contributed by atoms with E-state index in [4.69, 9.17) is 4.74 Å². The van der Waals surface area contributed by atoms with Gasteiger partial charge in [-0.15, -0.1) is 11.3 Å². The van der Waals surface area contributed by atoms with Gasteiger partial charge in [-0.1, -0.05) is 45.9 Å². The van der Waals surface area contributed by atoms with E-state index in [0.29, 0.717) is 17.5 Å². The molecule has 0 saturated heterocycles. The SMILES string of the molecule is CC(C)C[C@@H](C(=O)NNC(=O)c1csc(N(CC(C)C)c2ccccc2)n1)N(C)C(=O)OC(C)(C)C. The molecule has 2 aromatic rings. The van der Waals surface area contributed by atoms with E-state index in [1.807, 2.05) is 44.2 Å². The third-order valence-corrected chi connectivity index (χ3v) is 5.88. The summed E-state index contributed by atoms with van der Waals surface area (Å²) >= 11 is 1.36. The predicted molar refractivity (Wildman–Crippen MR) is 143 cm³/mol. The highest BCUT2D eigenvalue weighted by Crippen LogP contribution is 2.29. The summed E-state index contributed by atoms with van der Waals surface area (Å²) < 4.78 is 5.40. The molecule has 0 aliphatic carbocycles. The van der Waals surface area contributed by atoms with Gasteiger partial charge in [-0.05, 0) is 51.2 Å². The molecule has 0 aliphatic rings. The second-order valence-electron chi connectivity index (χ2n) is 10.5. The molecule has 0 saturated carbocycles. The summed E-state index contributed by atoms with van der Waals surface area (Å²) in [4.78, 5) is 46.1. The molecule has 1 aromatic heterocycles. The van der Waals surface area contributed by atoms with E-state index < -0.39 is 29.6 Å². The molecule has 9 nitrogen and oxygen atoms in total. The van der Waals surface area contributed by atoms with Crippen LogP contribution in [-0.2, 0) is 9.53 Å². The number of carbonyl (C=O) groups excluding carboxylic acids is 3. The van der Waals surface area contributed by atoms with Crippen LogP contribution in [0.3, 0.4) is 0 Å². The van der Waals surface area contributed by atoms with Crippen LogP contribution >= 0.6 is 11.3 Å². The predicted octanol–water partition coefficient (Wildman–Crippen LogP) is 4.98. The van der Waals surface area contributed by atoms with Gasteiger partial charge >= 0.3 is 6.09 Å². The fourth-order valence-electron chi connectivity index (χ4n) is 3.37. The number of likely N-dealkylation sites (N-methyl/N-ethyl adjacent to an activating group) is 1. The zero-order valence-corrected chi connectivity index (χ0v) is 23.3. The average molecular weight is 518 g/mol. The highest BCUT2D eigenvalue weighted by Gasteiger charge is 2.31. The van der Waals surface area contributed by atoms with Crippen molar-refractivity contribution >= 4 is 40.1 Å². The molecule has 198 valence electrons. The van der Waals surface area contributed by atoms with E-state index in [1.54, 1.807) is 26.2 Å². The van der Waals surface area contributed by atoms with Gasteiger partial charge in [0.15, 0.2) is 5.13 Å². The first-order chi connectivity index (χ1) is 16.8. The number of anilines is 2. The number of nitrogens with one attached hydrogen (secondary N) is 2.